The number of pyridine rings is 1. The number of benzene rings is 1. The van der Waals surface area contributed by atoms with Gasteiger partial charge in [-0.3, -0.25) is 4.79 Å². The van der Waals surface area contributed by atoms with Crippen LogP contribution in [-0.4, -0.2) is 21.2 Å². The van der Waals surface area contributed by atoms with Crippen molar-refractivity contribution >= 4 is 29.4 Å². The van der Waals surface area contributed by atoms with Gasteiger partial charge in [-0.25, -0.2) is 15.0 Å². The first-order valence-corrected chi connectivity index (χ1v) is 6.88. The van der Waals surface area contributed by atoms with Crippen molar-refractivity contribution in [2.45, 2.75) is 0 Å². The Morgan fingerprint density at radius 3 is 2.59 bits per heavy atom. The monoisotopic (exact) mass is 310 g/mol. The van der Waals surface area contributed by atoms with E-state index in [1.54, 1.807) is 30.7 Å². The summed E-state index contributed by atoms with van der Waals surface area (Å²) >= 11 is 5.69. The first kappa shape index (κ1) is 14.2. The van der Waals surface area contributed by atoms with Crippen LogP contribution >= 0.6 is 11.6 Å². The van der Waals surface area contributed by atoms with Crippen molar-refractivity contribution in [3.8, 4) is 11.1 Å². The Morgan fingerprint density at radius 2 is 1.82 bits per heavy atom. The average molecular weight is 311 g/mol. The molecule has 0 fully saturated rings. The summed E-state index contributed by atoms with van der Waals surface area (Å²) in [5.41, 5.74) is 3.16. The highest BCUT2D eigenvalue weighted by atomic mass is 35.5. The Morgan fingerprint density at radius 1 is 1.00 bits per heavy atom. The summed E-state index contributed by atoms with van der Waals surface area (Å²) < 4.78 is 0. The van der Waals surface area contributed by atoms with Gasteiger partial charge in [0.2, 0.25) is 5.28 Å². The number of aromatic nitrogens is 3. The molecule has 3 aromatic rings. The highest BCUT2D eigenvalue weighted by Gasteiger charge is 2.03. The molecule has 22 heavy (non-hydrogen) atoms. The van der Waals surface area contributed by atoms with Gasteiger partial charge in [0.15, 0.2) is 0 Å². The van der Waals surface area contributed by atoms with Gasteiger partial charge in [-0.15, -0.1) is 0 Å². The van der Waals surface area contributed by atoms with Crippen LogP contribution in [0.3, 0.4) is 0 Å². The highest BCUT2D eigenvalue weighted by Crippen LogP contribution is 2.22. The smallest absolute Gasteiger partial charge is 0.222 e. The van der Waals surface area contributed by atoms with Crippen LogP contribution in [0.15, 0.2) is 55.0 Å². The van der Waals surface area contributed by atoms with Crippen LogP contribution in [0.2, 0.25) is 5.28 Å². The van der Waals surface area contributed by atoms with E-state index in [1.807, 2.05) is 24.3 Å². The second-order valence-corrected chi connectivity index (χ2v) is 4.88. The molecule has 1 aromatic carbocycles. The van der Waals surface area contributed by atoms with E-state index < -0.39 is 0 Å². The fraction of sp³-hybridized carbons (Fsp3) is 0. The molecule has 0 aliphatic carbocycles. The van der Waals surface area contributed by atoms with Crippen molar-refractivity contribution in [1.82, 2.24) is 15.0 Å². The Balaban J connectivity index is 1.87. The van der Waals surface area contributed by atoms with Crippen LogP contribution in [0.25, 0.3) is 11.1 Å². The van der Waals surface area contributed by atoms with E-state index in [0.29, 0.717) is 11.4 Å². The number of rotatable bonds is 4. The minimum Gasteiger partial charge on any atom is -0.340 e. The largest absolute Gasteiger partial charge is 0.340 e. The van der Waals surface area contributed by atoms with Gasteiger partial charge in [-0.2, -0.15) is 0 Å². The molecule has 1 N–H and O–H groups in total. The number of carbonyl (C=O) groups excluding carboxylic acids is 1. The lowest BCUT2D eigenvalue weighted by molar-refractivity contribution is 0.112. The summed E-state index contributed by atoms with van der Waals surface area (Å²) in [6.07, 6.45) is 5.80. The van der Waals surface area contributed by atoms with Crippen LogP contribution in [0.5, 0.6) is 0 Å². The third-order valence-electron chi connectivity index (χ3n) is 3.01. The van der Waals surface area contributed by atoms with E-state index in [9.17, 15) is 4.79 Å². The molecule has 0 aliphatic heterocycles. The van der Waals surface area contributed by atoms with Gasteiger partial charge < -0.3 is 5.32 Å². The number of hydrogen-bond donors (Lipinski definition) is 1. The molecule has 0 unspecified atom stereocenters. The van der Waals surface area contributed by atoms with E-state index in [4.69, 9.17) is 11.6 Å². The lowest BCUT2D eigenvalue weighted by Gasteiger charge is -2.08. The van der Waals surface area contributed by atoms with Crippen LogP contribution in [0, 0.1) is 0 Å². The predicted molar refractivity (Wildman–Crippen MR) is 85.4 cm³/mol. The normalized spacial score (nSPS) is 10.2. The third kappa shape index (κ3) is 3.27. The summed E-state index contributed by atoms with van der Waals surface area (Å²) in [6, 6.07) is 10.9. The number of aldehydes is 1. The molecule has 6 heteroatoms. The Labute approximate surface area is 132 Å². The van der Waals surface area contributed by atoms with Crippen molar-refractivity contribution in [2.24, 2.45) is 0 Å². The first-order valence-electron chi connectivity index (χ1n) is 6.51. The zero-order valence-electron chi connectivity index (χ0n) is 11.4. The van der Waals surface area contributed by atoms with Crippen LogP contribution < -0.4 is 5.32 Å². The zero-order valence-corrected chi connectivity index (χ0v) is 12.2. The molecule has 5 nitrogen and oxygen atoms in total. The molecule has 0 saturated carbocycles. The minimum atomic E-state index is 0.210. The maximum Gasteiger partial charge on any atom is 0.222 e. The molecule has 3 rings (SSSR count). The summed E-state index contributed by atoms with van der Waals surface area (Å²) in [5.74, 6) is 0.662. The molecule has 0 radical (unpaired) electrons. The van der Waals surface area contributed by atoms with Gasteiger partial charge in [0.05, 0.1) is 0 Å². The molecule has 0 atom stereocenters. The standard InChI is InChI=1S/C16H11ClN4O/c17-16-19-8-13(9-20-16)12-4-5-18-15(7-12)21-14-3-1-2-11(6-14)10-22/h1-10H,(H,18,21). The van der Waals surface area contributed by atoms with Gasteiger partial charge in [0, 0.05) is 35.4 Å². The van der Waals surface area contributed by atoms with Gasteiger partial charge in [-0.05, 0) is 41.4 Å². The van der Waals surface area contributed by atoms with E-state index in [0.717, 1.165) is 23.1 Å². The molecule has 0 spiro atoms. The average Bonchev–Trinajstić information content (AvgIpc) is 2.56. The maximum atomic E-state index is 10.8. The fourth-order valence-corrected chi connectivity index (χ4v) is 2.08. The molecular weight excluding hydrogens is 300 g/mol. The predicted octanol–water partition coefficient (Wildman–Crippen LogP) is 3.75. The van der Waals surface area contributed by atoms with E-state index in [-0.39, 0.29) is 5.28 Å². The van der Waals surface area contributed by atoms with Crippen LogP contribution in [-0.2, 0) is 0 Å². The van der Waals surface area contributed by atoms with E-state index in [2.05, 4.69) is 20.3 Å². The van der Waals surface area contributed by atoms with Gasteiger partial charge in [0.25, 0.3) is 0 Å². The van der Waals surface area contributed by atoms with E-state index in [1.165, 1.54) is 0 Å². The molecule has 0 bridgehead atoms. The second-order valence-electron chi connectivity index (χ2n) is 4.54. The summed E-state index contributed by atoms with van der Waals surface area (Å²) in [7, 11) is 0. The Kier molecular flexibility index (Phi) is 4.07. The molecule has 2 aromatic heterocycles. The Bertz CT molecular complexity index is 805. The third-order valence-corrected chi connectivity index (χ3v) is 3.20. The Hall–Kier alpha value is -2.79. The van der Waals surface area contributed by atoms with Crippen molar-refractivity contribution in [1.29, 1.82) is 0 Å². The summed E-state index contributed by atoms with van der Waals surface area (Å²) in [5, 5.41) is 3.37. The second kappa shape index (κ2) is 6.32. The first-order chi connectivity index (χ1) is 10.7. The molecule has 0 amide bonds. The summed E-state index contributed by atoms with van der Waals surface area (Å²) in [4.78, 5) is 23.0. The van der Waals surface area contributed by atoms with Crippen molar-refractivity contribution in [2.75, 3.05) is 5.32 Å². The summed E-state index contributed by atoms with van der Waals surface area (Å²) in [6.45, 7) is 0. The molecular formula is C16H11ClN4O. The van der Waals surface area contributed by atoms with Gasteiger partial charge >= 0.3 is 0 Å². The number of halogens is 1. The lowest BCUT2D eigenvalue weighted by Crippen LogP contribution is -1.95. The van der Waals surface area contributed by atoms with E-state index >= 15 is 0 Å². The zero-order chi connectivity index (χ0) is 15.4. The maximum absolute atomic E-state index is 10.8. The molecule has 2 heterocycles. The molecule has 108 valence electrons. The topological polar surface area (TPSA) is 67.8 Å². The number of nitrogens with zero attached hydrogens (tertiary/aromatic N) is 3. The number of hydrogen-bond acceptors (Lipinski definition) is 5. The number of carbonyl (C=O) groups is 1. The molecule has 0 aliphatic rings. The van der Waals surface area contributed by atoms with Crippen LogP contribution in [0.4, 0.5) is 11.5 Å². The van der Waals surface area contributed by atoms with Gasteiger partial charge in [0.1, 0.15) is 12.1 Å². The number of anilines is 2. The molecule has 0 saturated heterocycles. The SMILES string of the molecule is O=Cc1cccc(Nc2cc(-c3cnc(Cl)nc3)ccn2)c1. The van der Waals surface area contributed by atoms with Crippen molar-refractivity contribution in [3.05, 3.63) is 65.8 Å². The minimum absolute atomic E-state index is 0.210. The van der Waals surface area contributed by atoms with Gasteiger partial charge in [-0.1, -0.05) is 12.1 Å². The number of nitrogens with one attached hydrogen (secondary N) is 1. The highest BCUT2D eigenvalue weighted by molar-refractivity contribution is 6.28. The van der Waals surface area contributed by atoms with Crippen molar-refractivity contribution in [3.63, 3.8) is 0 Å². The lowest BCUT2D eigenvalue weighted by atomic mass is 10.1. The van der Waals surface area contributed by atoms with Crippen LogP contribution in [0.1, 0.15) is 10.4 Å². The van der Waals surface area contributed by atoms with Crippen molar-refractivity contribution < 1.29 is 4.79 Å². The quantitative estimate of drug-likeness (QED) is 0.587. The fourth-order valence-electron chi connectivity index (χ4n) is 1.98.